The van der Waals surface area contributed by atoms with Crippen LogP contribution in [0.15, 0.2) is 10.7 Å². The lowest BCUT2D eigenvalue weighted by atomic mass is 10.2. The molecule has 0 bridgehead atoms. The molecule has 2 rings (SSSR count). The predicted molar refractivity (Wildman–Crippen MR) is 67.0 cm³/mol. The van der Waals surface area contributed by atoms with Crippen LogP contribution in [0.4, 0.5) is 4.79 Å². The summed E-state index contributed by atoms with van der Waals surface area (Å²) in [5, 5.41) is 2.67. The highest BCUT2D eigenvalue weighted by atomic mass is 79.9. The normalized spacial score (nSPS) is 19.2. The molecule has 5 nitrogen and oxygen atoms in total. The molecular weight excluding hydrogens is 308 g/mol. The first kappa shape index (κ1) is 12.8. The highest BCUT2D eigenvalue weighted by molar-refractivity contribution is 9.10. The van der Waals surface area contributed by atoms with Gasteiger partial charge in [-0.2, -0.15) is 4.37 Å². The fraction of sp³-hybridized carbons (Fsp3) is 0.600. The number of hydrogen-bond donors (Lipinski definition) is 1. The van der Waals surface area contributed by atoms with E-state index >= 15 is 0 Å². The summed E-state index contributed by atoms with van der Waals surface area (Å²) in [5.74, 6) is 0. The van der Waals surface area contributed by atoms with Crippen LogP contribution in [0.3, 0.4) is 0 Å². The molecule has 1 aromatic rings. The van der Waals surface area contributed by atoms with Gasteiger partial charge in [0.15, 0.2) is 0 Å². The quantitative estimate of drug-likeness (QED) is 0.924. The zero-order chi connectivity index (χ0) is 12.1. The van der Waals surface area contributed by atoms with Gasteiger partial charge in [-0.3, -0.25) is 0 Å². The minimum absolute atomic E-state index is 0.0656. The zero-order valence-electron chi connectivity index (χ0n) is 9.15. The lowest BCUT2D eigenvalue weighted by Crippen LogP contribution is -2.27. The Morgan fingerprint density at radius 3 is 3.29 bits per heavy atom. The van der Waals surface area contributed by atoms with Crippen molar-refractivity contribution in [1.82, 2.24) is 9.69 Å². The molecule has 7 heteroatoms. The van der Waals surface area contributed by atoms with Gasteiger partial charge in [0.25, 0.3) is 0 Å². The summed E-state index contributed by atoms with van der Waals surface area (Å²) in [7, 11) is 0. The fourth-order valence-corrected chi connectivity index (χ4v) is 2.67. The number of alkyl carbamates (subject to hydrolysis) is 1. The van der Waals surface area contributed by atoms with Crippen molar-refractivity contribution < 1.29 is 14.3 Å². The Labute approximate surface area is 112 Å². The molecule has 0 radical (unpaired) electrons. The van der Waals surface area contributed by atoms with Gasteiger partial charge < -0.3 is 14.8 Å². The summed E-state index contributed by atoms with van der Waals surface area (Å²) in [6.07, 6.45) is 3.37. The number of rotatable bonds is 4. The predicted octanol–water partition coefficient (Wildman–Crippen LogP) is 2.31. The molecule has 0 aromatic carbocycles. The minimum Gasteiger partial charge on any atom is -0.447 e. The summed E-state index contributed by atoms with van der Waals surface area (Å²) >= 11 is 4.69. The molecule has 1 N–H and O–H groups in total. The Kier molecular flexibility index (Phi) is 4.75. The molecule has 1 unspecified atom stereocenters. The van der Waals surface area contributed by atoms with Gasteiger partial charge in [0.1, 0.15) is 6.61 Å². The van der Waals surface area contributed by atoms with E-state index in [2.05, 4.69) is 25.6 Å². The van der Waals surface area contributed by atoms with Crippen molar-refractivity contribution in [3.63, 3.8) is 0 Å². The van der Waals surface area contributed by atoms with Crippen LogP contribution >= 0.6 is 27.5 Å². The van der Waals surface area contributed by atoms with E-state index in [4.69, 9.17) is 9.47 Å². The largest absolute Gasteiger partial charge is 0.447 e. The van der Waals surface area contributed by atoms with E-state index in [0.717, 1.165) is 28.8 Å². The summed E-state index contributed by atoms with van der Waals surface area (Å²) in [6.45, 7) is 1.52. The van der Waals surface area contributed by atoms with E-state index in [1.165, 1.54) is 11.5 Å². The second-order valence-corrected chi connectivity index (χ2v) is 5.42. The van der Waals surface area contributed by atoms with Crippen molar-refractivity contribution >= 4 is 33.6 Å². The van der Waals surface area contributed by atoms with Gasteiger partial charge in [-0.15, -0.1) is 0 Å². The zero-order valence-corrected chi connectivity index (χ0v) is 11.6. The third kappa shape index (κ3) is 3.93. The Morgan fingerprint density at radius 1 is 1.76 bits per heavy atom. The summed E-state index contributed by atoms with van der Waals surface area (Å²) in [5.41, 5.74) is 0. The second-order valence-electron chi connectivity index (χ2n) is 3.68. The van der Waals surface area contributed by atoms with Gasteiger partial charge in [-0.25, -0.2) is 4.79 Å². The van der Waals surface area contributed by atoms with Crippen LogP contribution in [0.5, 0.6) is 0 Å². The van der Waals surface area contributed by atoms with Gasteiger partial charge in [-0.1, -0.05) is 0 Å². The van der Waals surface area contributed by atoms with Crippen LogP contribution in [0.25, 0.3) is 0 Å². The number of nitrogens with zero attached hydrogens (tertiary/aromatic N) is 1. The van der Waals surface area contributed by atoms with Crippen molar-refractivity contribution in [2.24, 2.45) is 0 Å². The summed E-state index contributed by atoms with van der Waals surface area (Å²) < 4.78 is 15.3. The monoisotopic (exact) mass is 320 g/mol. The highest BCUT2D eigenvalue weighted by Gasteiger charge is 2.17. The molecule has 1 aromatic heterocycles. The first-order valence-electron chi connectivity index (χ1n) is 5.37. The second kappa shape index (κ2) is 6.32. The maximum Gasteiger partial charge on any atom is 0.407 e. The molecule has 0 spiro atoms. The van der Waals surface area contributed by atoms with Crippen LogP contribution in [0, 0.1) is 0 Å². The molecule has 1 fully saturated rings. The van der Waals surface area contributed by atoms with Crippen LogP contribution in [0.1, 0.15) is 17.7 Å². The van der Waals surface area contributed by atoms with Crippen molar-refractivity contribution in [2.75, 3.05) is 13.2 Å². The number of halogens is 1. The molecule has 1 aliphatic heterocycles. The average Bonchev–Trinajstić information content (AvgIpc) is 2.95. The van der Waals surface area contributed by atoms with Gasteiger partial charge in [-0.05, 0) is 40.3 Å². The molecule has 94 valence electrons. The topological polar surface area (TPSA) is 60.5 Å². The third-order valence-electron chi connectivity index (χ3n) is 2.41. The number of amides is 1. The highest BCUT2D eigenvalue weighted by Crippen LogP contribution is 2.19. The van der Waals surface area contributed by atoms with E-state index in [1.807, 2.05) is 0 Å². The van der Waals surface area contributed by atoms with Crippen molar-refractivity contribution in [3.05, 3.63) is 15.5 Å². The molecule has 2 heterocycles. The van der Waals surface area contributed by atoms with Crippen molar-refractivity contribution in [2.45, 2.75) is 25.5 Å². The Bertz CT molecular complexity index is 379. The van der Waals surface area contributed by atoms with Crippen LogP contribution in [0.2, 0.25) is 0 Å². The first-order chi connectivity index (χ1) is 8.25. The standard InChI is InChI=1S/C10H13BrN2O3S/c11-8-4-13-17-9(8)5-12-10(14)16-6-7-2-1-3-15-7/h4,7H,1-3,5-6H2,(H,12,14). The van der Waals surface area contributed by atoms with Crippen molar-refractivity contribution in [3.8, 4) is 0 Å². The Balaban J connectivity index is 1.65. The van der Waals surface area contributed by atoms with E-state index in [-0.39, 0.29) is 6.10 Å². The molecule has 1 aliphatic rings. The maximum absolute atomic E-state index is 11.4. The SMILES string of the molecule is O=C(NCc1sncc1Br)OCC1CCCO1. The fourth-order valence-electron chi connectivity index (χ4n) is 1.52. The molecule has 17 heavy (non-hydrogen) atoms. The van der Waals surface area contributed by atoms with Crippen LogP contribution in [-0.2, 0) is 16.0 Å². The summed E-state index contributed by atoms with van der Waals surface area (Å²) in [6, 6.07) is 0. The van der Waals surface area contributed by atoms with Gasteiger partial charge in [0.05, 0.1) is 28.2 Å². The number of hydrogen-bond acceptors (Lipinski definition) is 5. The van der Waals surface area contributed by atoms with Crippen LogP contribution in [-0.4, -0.2) is 29.8 Å². The van der Waals surface area contributed by atoms with Gasteiger partial charge in [0.2, 0.25) is 0 Å². The molecule has 1 amide bonds. The molecule has 1 saturated heterocycles. The third-order valence-corrected chi connectivity index (χ3v) is 4.15. The van der Waals surface area contributed by atoms with E-state index in [1.54, 1.807) is 6.20 Å². The Hall–Kier alpha value is -0.660. The molecule has 0 saturated carbocycles. The average molecular weight is 321 g/mol. The van der Waals surface area contributed by atoms with Gasteiger partial charge in [0, 0.05) is 6.61 Å². The number of carbonyl (C=O) groups excluding carboxylic acids is 1. The van der Waals surface area contributed by atoms with Crippen LogP contribution < -0.4 is 5.32 Å². The lowest BCUT2D eigenvalue weighted by molar-refractivity contribution is 0.0438. The minimum atomic E-state index is -0.416. The maximum atomic E-state index is 11.4. The van der Waals surface area contributed by atoms with E-state index < -0.39 is 6.09 Å². The number of aromatic nitrogens is 1. The Morgan fingerprint density at radius 2 is 2.65 bits per heavy atom. The first-order valence-corrected chi connectivity index (χ1v) is 6.93. The lowest BCUT2D eigenvalue weighted by Gasteiger charge is -2.10. The number of carbonyl (C=O) groups is 1. The molecule has 0 aliphatic carbocycles. The molecular formula is C10H13BrN2O3S. The number of ether oxygens (including phenoxy) is 2. The smallest absolute Gasteiger partial charge is 0.407 e. The van der Waals surface area contributed by atoms with E-state index in [0.29, 0.717) is 13.2 Å². The molecule has 1 atom stereocenters. The van der Waals surface area contributed by atoms with E-state index in [9.17, 15) is 4.79 Å². The number of nitrogens with one attached hydrogen (secondary N) is 1. The van der Waals surface area contributed by atoms with Crippen molar-refractivity contribution in [1.29, 1.82) is 0 Å². The van der Waals surface area contributed by atoms with Gasteiger partial charge >= 0.3 is 6.09 Å². The summed E-state index contributed by atoms with van der Waals surface area (Å²) in [4.78, 5) is 12.4.